The lowest BCUT2D eigenvalue weighted by Gasteiger charge is -2.14. The molecule has 1 amide bonds. The summed E-state index contributed by atoms with van der Waals surface area (Å²) in [7, 11) is 3.97. The summed E-state index contributed by atoms with van der Waals surface area (Å²) >= 11 is 1.39. The van der Waals surface area contributed by atoms with E-state index in [1.807, 2.05) is 78.9 Å². The molecular formula is C19H20N6OS. The SMILES string of the molecule is C[C@@H](Sc1n[nH]c2nc3ccccc3n12)C(=O)Nc1ccc(N(C)C)cc1. The highest BCUT2D eigenvalue weighted by atomic mass is 32.2. The maximum Gasteiger partial charge on any atom is 0.237 e. The molecule has 0 aliphatic rings. The van der Waals surface area contributed by atoms with E-state index in [9.17, 15) is 4.79 Å². The molecule has 0 unspecified atom stereocenters. The molecule has 0 fully saturated rings. The zero-order valence-corrected chi connectivity index (χ0v) is 16.1. The average molecular weight is 380 g/mol. The first-order chi connectivity index (χ1) is 13.0. The summed E-state index contributed by atoms with van der Waals surface area (Å²) < 4.78 is 1.94. The van der Waals surface area contributed by atoms with Gasteiger partial charge < -0.3 is 10.2 Å². The van der Waals surface area contributed by atoms with Gasteiger partial charge in [-0.15, -0.1) is 5.10 Å². The van der Waals surface area contributed by atoms with E-state index in [0.29, 0.717) is 10.9 Å². The van der Waals surface area contributed by atoms with Crippen molar-refractivity contribution in [3.05, 3.63) is 48.5 Å². The zero-order chi connectivity index (χ0) is 19.0. The maximum absolute atomic E-state index is 12.6. The van der Waals surface area contributed by atoms with Crippen LogP contribution < -0.4 is 10.2 Å². The van der Waals surface area contributed by atoms with E-state index >= 15 is 0 Å². The van der Waals surface area contributed by atoms with Crippen molar-refractivity contribution in [1.29, 1.82) is 0 Å². The molecule has 2 aromatic heterocycles. The molecule has 4 rings (SSSR count). The number of hydrogen-bond donors (Lipinski definition) is 2. The maximum atomic E-state index is 12.6. The van der Waals surface area contributed by atoms with Crippen LogP contribution in [0.2, 0.25) is 0 Å². The second-order valence-electron chi connectivity index (χ2n) is 6.46. The van der Waals surface area contributed by atoms with Gasteiger partial charge in [0.2, 0.25) is 11.7 Å². The highest BCUT2D eigenvalue weighted by molar-refractivity contribution is 8.00. The Morgan fingerprint density at radius 2 is 1.93 bits per heavy atom. The van der Waals surface area contributed by atoms with Gasteiger partial charge >= 0.3 is 0 Å². The smallest absolute Gasteiger partial charge is 0.237 e. The molecule has 0 bridgehead atoms. The van der Waals surface area contributed by atoms with Gasteiger partial charge in [-0.25, -0.2) is 10.1 Å². The van der Waals surface area contributed by atoms with E-state index < -0.39 is 0 Å². The first-order valence-electron chi connectivity index (χ1n) is 8.59. The second kappa shape index (κ2) is 6.96. The van der Waals surface area contributed by atoms with Crippen LogP contribution in [0.1, 0.15) is 6.92 Å². The van der Waals surface area contributed by atoms with Gasteiger partial charge in [-0.05, 0) is 43.3 Å². The number of aromatic amines is 1. The van der Waals surface area contributed by atoms with Gasteiger partial charge in [0, 0.05) is 25.5 Å². The van der Waals surface area contributed by atoms with Gasteiger partial charge in [-0.2, -0.15) is 0 Å². The molecule has 2 heterocycles. The predicted molar refractivity (Wildman–Crippen MR) is 110 cm³/mol. The van der Waals surface area contributed by atoms with Gasteiger partial charge in [0.1, 0.15) is 0 Å². The molecule has 4 aromatic rings. The van der Waals surface area contributed by atoms with Crippen LogP contribution in [0.25, 0.3) is 16.8 Å². The Hall–Kier alpha value is -3.00. The van der Waals surface area contributed by atoms with Crippen molar-refractivity contribution >= 4 is 45.9 Å². The summed E-state index contributed by atoms with van der Waals surface area (Å²) in [6.07, 6.45) is 0. The Kier molecular flexibility index (Phi) is 4.49. The van der Waals surface area contributed by atoms with Gasteiger partial charge in [0.25, 0.3) is 0 Å². The third-order valence-electron chi connectivity index (χ3n) is 4.31. The third-order valence-corrected chi connectivity index (χ3v) is 5.36. The average Bonchev–Trinajstić information content (AvgIpc) is 3.22. The molecule has 138 valence electrons. The zero-order valence-electron chi connectivity index (χ0n) is 15.3. The number of aromatic nitrogens is 4. The number of carbonyl (C=O) groups is 1. The number of carbonyl (C=O) groups excluding carboxylic acids is 1. The van der Waals surface area contributed by atoms with Crippen molar-refractivity contribution in [1.82, 2.24) is 19.6 Å². The number of fused-ring (bicyclic) bond motifs is 3. The lowest BCUT2D eigenvalue weighted by Crippen LogP contribution is -2.22. The van der Waals surface area contributed by atoms with Gasteiger partial charge in [-0.3, -0.25) is 9.20 Å². The number of para-hydroxylation sites is 2. The Morgan fingerprint density at radius 1 is 1.19 bits per heavy atom. The number of amides is 1. The molecule has 0 aliphatic carbocycles. The molecule has 0 saturated carbocycles. The van der Waals surface area contributed by atoms with Crippen LogP contribution in [0.5, 0.6) is 0 Å². The Labute approximate surface area is 160 Å². The van der Waals surface area contributed by atoms with Crippen LogP contribution in [0.15, 0.2) is 53.7 Å². The van der Waals surface area contributed by atoms with Crippen molar-refractivity contribution in [3.8, 4) is 0 Å². The van der Waals surface area contributed by atoms with E-state index in [4.69, 9.17) is 0 Å². The minimum atomic E-state index is -0.314. The Morgan fingerprint density at radius 3 is 2.67 bits per heavy atom. The molecule has 0 radical (unpaired) electrons. The van der Waals surface area contributed by atoms with Crippen LogP contribution in [-0.4, -0.2) is 44.8 Å². The quantitative estimate of drug-likeness (QED) is 0.519. The number of anilines is 2. The molecule has 7 nitrogen and oxygen atoms in total. The predicted octanol–water partition coefficient (Wildman–Crippen LogP) is 3.40. The number of nitrogens with zero attached hydrogens (tertiary/aromatic N) is 4. The van der Waals surface area contributed by atoms with Crippen LogP contribution >= 0.6 is 11.8 Å². The van der Waals surface area contributed by atoms with Crippen LogP contribution in [0.3, 0.4) is 0 Å². The summed E-state index contributed by atoms with van der Waals surface area (Å²) in [6, 6.07) is 15.6. The van der Waals surface area contributed by atoms with Gasteiger partial charge in [0.05, 0.1) is 16.3 Å². The minimum absolute atomic E-state index is 0.0711. The number of hydrogen-bond acceptors (Lipinski definition) is 5. The summed E-state index contributed by atoms with van der Waals surface area (Å²) in [5.74, 6) is 0.601. The Balaban J connectivity index is 1.51. The van der Waals surface area contributed by atoms with Crippen molar-refractivity contribution in [2.24, 2.45) is 0 Å². The van der Waals surface area contributed by atoms with Crippen LogP contribution in [-0.2, 0) is 4.79 Å². The fraction of sp³-hybridized carbons (Fsp3) is 0.211. The monoisotopic (exact) mass is 380 g/mol. The van der Waals surface area contributed by atoms with Crippen molar-refractivity contribution in [3.63, 3.8) is 0 Å². The fourth-order valence-corrected chi connectivity index (χ4v) is 3.69. The molecular weight excluding hydrogens is 360 g/mol. The standard InChI is InChI=1S/C19H20N6OS/c1-12(17(26)20-13-8-10-14(11-9-13)24(2)3)27-19-23-22-18-21-15-6-4-5-7-16(15)25(18)19/h4-12H,1-3H3,(H,20,26)(H,21,22)/t12-/m1/s1. The molecule has 2 aromatic carbocycles. The van der Waals surface area contributed by atoms with E-state index in [1.54, 1.807) is 0 Å². The second-order valence-corrected chi connectivity index (χ2v) is 7.76. The van der Waals surface area contributed by atoms with Crippen molar-refractivity contribution < 1.29 is 4.79 Å². The first kappa shape index (κ1) is 17.4. The number of H-pyrrole nitrogens is 1. The van der Waals surface area contributed by atoms with E-state index in [2.05, 4.69) is 20.5 Å². The molecule has 0 saturated heterocycles. The molecule has 27 heavy (non-hydrogen) atoms. The summed E-state index contributed by atoms with van der Waals surface area (Å²) in [5.41, 5.74) is 3.72. The lowest BCUT2D eigenvalue weighted by atomic mass is 10.2. The van der Waals surface area contributed by atoms with E-state index in [-0.39, 0.29) is 11.2 Å². The minimum Gasteiger partial charge on any atom is -0.378 e. The summed E-state index contributed by atoms with van der Waals surface area (Å²) in [5, 5.41) is 10.6. The fourth-order valence-electron chi connectivity index (χ4n) is 2.82. The number of benzene rings is 2. The third kappa shape index (κ3) is 3.35. The van der Waals surface area contributed by atoms with Crippen LogP contribution in [0.4, 0.5) is 11.4 Å². The highest BCUT2D eigenvalue weighted by Crippen LogP contribution is 2.26. The lowest BCUT2D eigenvalue weighted by molar-refractivity contribution is -0.115. The molecule has 0 spiro atoms. The largest absolute Gasteiger partial charge is 0.378 e. The first-order valence-corrected chi connectivity index (χ1v) is 9.47. The van der Waals surface area contributed by atoms with E-state index in [1.165, 1.54) is 11.8 Å². The number of nitrogens with one attached hydrogen (secondary N) is 2. The normalized spacial score (nSPS) is 12.4. The summed E-state index contributed by atoms with van der Waals surface area (Å²) in [4.78, 5) is 19.1. The summed E-state index contributed by atoms with van der Waals surface area (Å²) in [6.45, 7) is 1.87. The number of imidazole rings is 1. The van der Waals surface area contributed by atoms with E-state index in [0.717, 1.165) is 22.4 Å². The molecule has 8 heteroatoms. The van der Waals surface area contributed by atoms with Crippen molar-refractivity contribution in [2.75, 3.05) is 24.3 Å². The Bertz CT molecular complexity index is 1100. The van der Waals surface area contributed by atoms with Gasteiger partial charge in [-0.1, -0.05) is 23.9 Å². The van der Waals surface area contributed by atoms with Crippen LogP contribution in [0, 0.1) is 0 Å². The molecule has 0 aliphatic heterocycles. The number of rotatable bonds is 5. The van der Waals surface area contributed by atoms with Gasteiger partial charge in [0.15, 0.2) is 5.16 Å². The highest BCUT2D eigenvalue weighted by Gasteiger charge is 2.19. The molecule has 1 atom stereocenters. The molecule has 2 N–H and O–H groups in total. The van der Waals surface area contributed by atoms with Crippen molar-refractivity contribution in [2.45, 2.75) is 17.3 Å². The topological polar surface area (TPSA) is 78.3 Å². The number of thioether (sulfide) groups is 1.